The molecule has 8 nitrogen and oxygen atoms in total. The van der Waals surface area contributed by atoms with E-state index >= 15 is 0 Å². The van der Waals surface area contributed by atoms with Crippen molar-refractivity contribution >= 4 is 51.4 Å². The highest BCUT2D eigenvalue weighted by Gasteiger charge is 2.34. The minimum atomic E-state index is -0.503. The Morgan fingerprint density at radius 1 is 1.09 bits per heavy atom. The number of nitrogens with zero attached hydrogens (tertiary/aromatic N) is 3. The molecule has 0 radical (unpaired) electrons. The van der Waals surface area contributed by atoms with Crippen molar-refractivity contribution in [3.63, 3.8) is 0 Å². The number of halogens is 1. The lowest BCUT2D eigenvalue weighted by atomic mass is 10.1. The van der Waals surface area contributed by atoms with Gasteiger partial charge in [0.15, 0.2) is 17.3 Å². The zero-order valence-corrected chi connectivity index (χ0v) is 21.4. The summed E-state index contributed by atoms with van der Waals surface area (Å²) >= 11 is 7.80. The fraction of sp³-hybridized carbons (Fsp3) is 0.280. The molecule has 2 aliphatic rings. The predicted octanol–water partition coefficient (Wildman–Crippen LogP) is 5.45. The predicted molar refractivity (Wildman–Crippen MR) is 140 cm³/mol. The number of ether oxygens (including phenoxy) is 3. The molecule has 0 saturated heterocycles. The van der Waals surface area contributed by atoms with Crippen LogP contribution in [0.3, 0.4) is 0 Å². The normalized spacial score (nSPS) is 16.3. The van der Waals surface area contributed by atoms with Crippen molar-refractivity contribution in [2.75, 3.05) is 19.8 Å². The highest BCUT2D eigenvalue weighted by molar-refractivity contribution is 8.26. The third-order valence-electron chi connectivity index (χ3n) is 5.18. The summed E-state index contributed by atoms with van der Waals surface area (Å²) in [5, 5.41) is 15.4. The number of fused-ring (bicyclic) bond motifs is 1. The average Bonchev–Trinajstić information content (AvgIpc) is 3.17. The molecule has 0 spiro atoms. The van der Waals surface area contributed by atoms with Gasteiger partial charge in [-0.25, -0.2) is 0 Å². The van der Waals surface area contributed by atoms with E-state index in [4.69, 9.17) is 31.2 Å². The SMILES string of the molecule is CCOc1cc(C=C2C(=N)N3N=C(C)SC3=NC2=O)cc(Cl)c1OCCOc1c(C)cccc1C. The molecule has 0 aromatic heterocycles. The molecule has 0 bridgehead atoms. The summed E-state index contributed by atoms with van der Waals surface area (Å²) in [6.07, 6.45) is 1.56. The lowest BCUT2D eigenvalue weighted by Crippen LogP contribution is -2.35. The molecule has 0 atom stereocenters. The molecule has 2 aliphatic heterocycles. The maximum absolute atomic E-state index is 12.6. The van der Waals surface area contributed by atoms with Gasteiger partial charge in [0.25, 0.3) is 5.91 Å². The summed E-state index contributed by atoms with van der Waals surface area (Å²) in [5.74, 6) is 1.13. The Hall–Kier alpha value is -3.30. The molecule has 4 rings (SSSR count). The number of carbonyl (C=O) groups excluding carboxylic acids is 1. The summed E-state index contributed by atoms with van der Waals surface area (Å²) in [7, 11) is 0. The molecule has 1 N–H and O–H groups in total. The minimum Gasteiger partial charge on any atom is -0.490 e. The van der Waals surface area contributed by atoms with E-state index in [1.54, 1.807) is 25.1 Å². The molecule has 2 heterocycles. The lowest BCUT2D eigenvalue weighted by molar-refractivity contribution is -0.114. The molecule has 0 saturated carbocycles. The van der Waals surface area contributed by atoms with Crippen LogP contribution in [0.5, 0.6) is 17.2 Å². The van der Waals surface area contributed by atoms with Crippen molar-refractivity contribution in [1.82, 2.24) is 5.01 Å². The van der Waals surface area contributed by atoms with Crippen LogP contribution < -0.4 is 14.2 Å². The number of aliphatic imine (C=N–C) groups is 1. The molecule has 1 amide bonds. The number of hydrogen-bond acceptors (Lipinski definition) is 7. The fourth-order valence-electron chi connectivity index (χ4n) is 3.64. The van der Waals surface area contributed by atoms with Gasteiger partial charge in [-0.2, -0.15) is 15.1 Å². The van der Waals surface area contributed by atoms with Crippen molar-refractivity contribution in [1.29, 1.82) is 5.41 Å². The van der Waals surface area contributed by atoms with Gasteiger partial charge in [0.1, 0.15) is 19.0 Å². The number of amidine groups is 2. The number of carbonyl (C=O) groups is 1. The van der Waals surface area contributed by atoms with Gasteiger partial charge < -0.3 is 14.2 Å². The Labute approximate surface area is 213 Å². The Morgan fingerprint density at radius 2 is 1.77 bits per heavy atom. The van der Waals surface area contributed by atoms with Crippen LogP contribution in [-0.2, 0) is 4.79 Å². The Kier molecular flexibility index (Phi) is 7.47. The van der Waals surface area contributed by atoms with Crippen LogP contribution in [0.1, 0.15) is 30.5 Å². The largest absolute Gasteiger partial charge is 0.490 e. The standard InChI is InChI=1S/C25H25ClN4O4S/c1-5-32-20-13-17(11-18-23(27)30-25(28-24(18)31)35-16(4)29-30)12-19(26)22(20)34-10-9-33-21-14(2)7-6-8-15(21)3/h6-8,11-13,27H,5,9-10H2,1-4H3. The van der Waals surface area contributed by atoms with Gasteiger partial charge in [0.05, 0.1) is 22.2 Å². The molecule has 0 unspecified atom stereocenters. The summed E-state index contributed by atoms with van der Waals surface area (Å²) in [4.78, 5) is 16.6. The second kappa shape index (κ2) is 10.5. The van der Waals surface area contributed by atoms with Gasteiger partial charge in [-0.3, -0.25) is 10.2 Å². The van der Waals surface area contributed by atoms with Crippen LogP contribution in [0, 0.1) is 19.3 Å². The van der Waals surface area contributed by atoms with Crippen molar-refractivity contribution in [3.8, 4) is 17.2 Å². The van der Waals surface area contributed by atoms with Gasteiger partial charge in [0, 0.05) is 0 Å². The second-order valence-electron chi connectivity index (χ2n) is 7.82. The summed E-state index contributed by atoms with van der Waals surface area (Å²) in [5.41, 5.74) is 2.81. The highest BCUT2D eigenvalue weighted by Crippen LogP contribution is 2.38. The van der Waals surface area contributed by atoms with Crippen LogP contribution >= 0.6 is 23.4 Å². The third-order valence-corrected chi connectivity index (χ3v) is 6.29. The lowest BCUT2D eigenvalue weighted by Gasteiger charge is -2.20. The van der Waals surface area contributed by atoms with Crippen molar-refractivity contribution in [2.45, 2.75) is 27.7 Å². The molecular formula is C25H25ClN4O4S. The molecule has 0 aliphatic carbocycles. The number of nitrogens with one attached hydrogen (secondary N) is 1. The van der Waals surface area contributed by atoms with Crippen LogP contribution in [-0.4, -0.2) is 46.8 Å². The quantitative estimate of drug-likeness (QED) is 0.373. The number of thioether (sulfide) groups is 1. The maximum Gasteiger partial charge on any atom is 0.283 e. The van der Waals surface area contributed by atoms with Gasteiger partial charge in [-0.15, -0.1) is 0 Å². The van der Waals surface area contributed by atoms with Gasteiger partial charge >= 0.3 is 0 Å². The van der Waals surface area contributed by atoms with E-state index < -0.39 is 5.91 Å². The molecule has 2 aromatic rings. The molecule has 2 aromatic carbocycles. The smallest absolute Gasteiger partial charge is 0.283 e. The van der Waals surface area contributed by atoms with E-state index in [-0.39, 0.29) is 18.0 Å². The van der Waals surface area contributed by atoms with E-state index in [9.17, 15) is 4.79 Å². The summed E-state index contributed by atoms with van der Waals surface area (Å²) in [6, 6.07) is 9.37. The maximum atomic E-state index is 12.6. The van der Waals surface area contributed by atoms with Gasteiger partial charge in [-0.05, 0) is 74.4 Å². The Balaban J connectivity index is 1.52. The first-order valence-electron chi connectivity index (χ1n) is 11.0. The van der Waals surface area contributed by atoms with Gasteiger partial charge in [-0.1, -0.05) is 29.8 Å². The first-order chi connectivity index (χ1) is 16.8. The zero-order valence-electron chi connectivity index (χ0n) is 19.8. The van der Waals surface area contributed by atoms with Crippen LogP contribution in [0.25, 0.3) is 6.08 Å². The first-order valence-corrected chi connectivity index (χ1v) is 12.2. The second-order valence-corrected chi connectivity index (χ2v) is 9.39. The van der Waals surface area contributed by atoms with Crippen LogP contribution in [0.2, 0.25) is 5.02 Å². The monoisotopic (exact) mass is 512 g/mol. The Bertz CT molecular complexity index is 1270. The fourth-order valence-corrected chi connectivity index (χ4v) is 4.65. The highest BCUT2D eigenvalue weighted by atomic mass is 35.5. The van der Waals surface area contributed by atoms with E-state index in [0.717, 1.165) is 16.9 Å². The molecule has 182 valence electrons. The number of benzene rings is 2. The third kappa shape index (κ3) is 5.36. The van der Waals surface area contributed by atoms with E-state index in [1.165, 1.54) is 16.8 Å². The molecule has 0 fully saturated rings. The molecule has 10 heteroatoms. The average molecular weight is 513 g/mol. The summed E-state index contributed by atoms with van der Waals surface area (Å²) < 4.78 is 17.6. The first kappa shape index (κ1) is 24.8. The van der Waals surface area contributed by atoms with Crippen molar-refractivity contribution in [3.05, 3.63) is 57.6 Å². The van der Waals surface area contributed by atoms with Gasteiger partial charge in [0.2, 0.25) is 5.17 Å². The number of hydrogen-bond donors (Lipinski definition) is 1. The van der Waals surface area contributed by atoms with Crippen molar-refractivity contribution in [2.24, 2.45) is 10.1 Å². The number of hydrazone groups is 1. The minimum absolute atomic E-state index is 0.0394. The number of aryl methyl sites for hydroxylation is 2. The zero-order chi connectivity index (χ0) is 25.1. The topological polar surface area (TPSA) is 96.6 Å². The van der Waals surface area contributed by atoms with Crippen molar-refractivity contribution < 1.29 is 19.0 Å². The van der Waals surface area contributed by atoms with Crippen LogP contribution in [0.15, 0.2) is 46.0 Å². The number of rotatable bonds is 8. The summed E-state index contributed by atoms with van der Waals surface area (Å²) in [6.45, 7) is 8.64. The molecular weight excluding hydrogens is 488 g/mol. The van der Waals surface area contributed by atoms with E-state index in [0.29, 0.717) is 45.5 Å². The van der Waals surface area contributed by atoms with Crippen LogP contribution in [0.4, 0.5) is 0 Å². The molecule has 35 heavy (non-hydrogen) atoms. The van der Waals surface area contributed by atoms with E-state index in [1.807, 2.05) is 39.0 Å². The Morgan fingerprint density at radius 3 is 2.46 bits per heavy atom. The van der Waals surface area contributed by atoms with E-state index in [2.05, 4.69) is 10.1 Å². The number of amides is 1. The number of para-hydroxylation sites is 1.